The summed E-state index contributed by atoms with van der Waals surface area (Å²) in [5, 5.41) is 13.9. The molecule has 39 heavy (non-hydrogen) atoms. The van der Waals surface area contributed by atoms with Gasteiger partial charge >= 0.3 is 0 Å². The largest absolute Gasteiger partial charge is 0.352 e. The fraction of sp³-hybridized carbons (Fsp3) is 0.259. The third-order valence-corrected chi connectivity index (χ3v) is 8.08. The summed E-state index contributed by atoms with van der Waals surface area (Å²) in [7, 11) is -4.25. The Hall–Kier alpha value is -3.77. The molecule has 0 unspecified atom stereocenters. The van der Waals surface area contributed by atoms with Crippen LogP contribution in [0.4, 0.5) is 11.4 Å². The van der Waals surface area contributed by atoms with Gasteiger partial charge in [-0.1, -0.05) is 46.3 Å². The summed E-state index contributed by atoms with van der Waals surface area (Å²) in [6, 6.07) is 18.6. The molecule has 3 rings (SSSR count). The third kappa shape index (κ3) is 7.64. The number of nitro benzene ring substituents is 1. The van der Waals surface area contributed by atoms with Gasteiger partial charge in [0, 0.05) is 29.2 Å². The van der Waals surface area contributed by atoms with Crippen LogP contribution in [0.25, 0.3) is 0 Å². The number of nitrogens with one attached hydrogen (secondary N) is 1. The van der Waals surface area contributed by atoms with E-state index in [-0.39, 0.29) is 34.8 Å². The van der Waals surface area contributed by atoms with Gasteiger partial charge in [0.05, 0.1) is 15.5 Å². The monoisotopic (exact) mass is 616 g/mol. The van der Waals surface area contributed by atoms with Crippen molar-refractivity contribution in [2.75, 3.05) is 10.8 Å². The molecule has 0 saturated carbocycles. The van der Waals surface area contributed by atoms with Crippen molar-refractivity contribution in [2.45, 2.75) is 44.3 Å². The lowest BCUT2D eigenvalue weighted by Gasteiger charge is -2.32. The number of non-ortho nitro benzene ring substituents is 1. The van der Waals surface area contributed by atoms with Crippen LogP contribution in [-0.2, 0) is 26.2 Å². The van der Waals surface area contributed by atoms with Gasteiger partial charge in [-0.05, 0) is 62.7 Å². The number of hydrogen-bond acceptors (Lipinski definition) is 6. The van der Waals surface area contributed by atoms with Crippen LogP contribution in [0.3, 0.4) is 0 Å². The third-order valence-electron chi connectivity index (χ3n) is 5.80. The van der Waals surface area contributed by atoms with E-state index in [0.717, 1.165) is 14.3 Å². The molecule has 0 aliphatic rings. The summed E-state index contributed by atoms with van der Waals surface area (Å²) in [5.74, 6) is -1.01. The van der Waals surface area contributed by atoms with Gasteiger partial charge in [0.15, 0.2) is 0 Å². The Labute approximate surface area is 236 Å². The number of halogens is 1. The van der Waals surface area contributed by atoms with Crippen LogP contribution in [0.15, 0.2) is 88.2 Å². The summed E-state index contributed by atoms with van der Waals surface area (Å²) in [5.41, 5.74) is 0.576. The van der Waals surface area contributed by atoms with Crippen LogP contribution in [0.1, 0.15) is 26.3 Å². The van der Waals surface area contributed by atoms with Crippen molar-refractivity contribution in [3.63, 3.8) is 0 Å². The normalized spacial score (nSPS) is 12.0. The topological polar surface area (TPSA) is 130 Å². The van der Waals surface area contributed by atoms with Gasteiger partial charge in [-0.2, -0.15) is 0 Å². The van der Waals surface area contributed by atoms with Crippen molar-refractivity contribution in [3.05, 3.63) is 99.0 Å². The Kier molecular flexibility index (Phi) is 9.81. The van der Waals surface area contributed by atoms with E-state index < -0.39 is 33.4 Å². The number of benzene rings is 3. The predicted molar refractivity (Wildman–Crippen MR) is 152 cm³/mol. The Morgan fingerprint density at radius 1 is 0.974 bits per heavy atom. The van der Waals surface area contributed by atoms with Gasteiger partial charge in [-0.3, -0.25) is 24.0 Å². The minimum Gasteiger partial charge on any atom is -0.352 e. The van der Waals surface area contributed by atoms with E-state index in [1.54, 1.807) is 51.1 Å². The fourth-order valence-corrected chi connectivity index (χ4v) is 5.69. The lowest BCUT2D eigenvalue weighted by molar-refractivity contribution is -0.384. The van der Waals surface area contributed by atoms with Crippen molar-refractivity contribution >= 4 is 49.1 Å². The van der Waals surface area contributed by atoms with Crippen LogP contribution < -0.4 is 9.62 Å². The molecule has 0 bridgehead atoms. The molecule has 12 heteroatoms. The van der Waals surface area contributed by atoms with Crippen LogP contribution in [0.2, 0.25) is 0 Å². The number of anilines is 1. The molecule has 0 fully saturated rings. The Balaban J connectivity index is 2.04. The van der Waals surface area contributed by atoms with Gasteiger partial charge in [-0.15, -0.1) is 0 Å². The molecule has 3 aromatic rings. The van der Waals surface area contributed by atoms with Crippen LogP contribution in [0, 0.1) is 10.1 Å². The lowest BCUT2D eigenvalue weighted by Crippen LogP contribution is -2.52. The van der Waals surface area contributed by atoms with Crippen molar-refractivity contribution in [3.8, 4) is 0 Å². The second-order valence-corrected chi connectivity index (χ2v) is 11.9. The highest BCUT2D eigenvalue weighted by molar-refractivity contribution is 9.10. The highest BCUT2D eigenvalue weighted by Gasteiger charge is 2.32. The number of carbonyl (C=O) groups is 2. The summed E-state index contributed by atoms with van der Waals surface area (Å²) in [6.45, 7) is 4.59. The number of nitro groups is 1. The number of carbonyl (C=O) groups excluding carboxylic acids is 2. The lowest BCUT2D eigenvalue weighted by atomic mass is 10.1. The van der Waals surface area contributed by atoms with Gasteiger partial charge in [-0.25, -0.2) is 8.42 Å². The molecular weight excluding hydrogens is 588 g/mol. The van der Waals surface area contributed by atoms with E-state index in [2.05, 4.69) is 21.2 Å². The molecule has 0 heterocycles. The average molecular weight is 618 g/mol. The van der Waals surface area contributed by atoms with Crippen LogP contribution >= 0.6 is 15.9 Å². The molecule has 1 atom stereocenters. The van der Waals surface area contributed by atoms with E-state index in [9.17, 15) is 28.1 Å². The molecule has 10 nitrogen and oxygen atoms in total. The van der Waals surface area contributed by atoms with E-state index in [1.807, 2.05) is 12.1 Å². The zero-order valence-corrected chi connectivity index (χ0v) is 24.1. The fourth-order valence-electron chi connectivity index (χ4n) is 3.81. The first-order chi connectivity index (χ1) is 18.4. The average Bonchev–Trinajstić information content (AvgIpc) is 2.90. The van der Waals surface area contributed by atoms with Crippen LogP contribution in [-0.4, -0.2) is 48.7 Å². The standard InChI is InChI=1S/C27H29BrN4O6S/c1-19(2)29-27(34)20(3)30(17-21-8-7-9-22(28)16-21)26(33)18-31(23-12-14-24(15-13-23)32(35)36)39(37,38)25-10-5-4-6-11-25/h4-16,19-20H,17-18H2,1-3H3,(H,29,34)/t20-/m1/s1. The number of nitrogens with zero attached hydrogens (tertiary/aromatic N) is 3. The van der Waals surface area contributed by atoms with Crippen LogP contribution in [0.5, 0.6) is 0 Å². The summed E-state index contributed by atoms with van der Waals surface area (Å²) in [4.78, 5) is 38.6. The molecule has 0 aromatic heterocycles. The summed E-state index contributed by atoms with van der Waals surface area (Å²) >= 11 is 3.41. The molecule has 0 radical (unpaired) electrons. The smallest absolute Gasteiger partial charge is 0.269 e. The molecule has 0 aliphatic heterocycles. The van der Waals surface area contributed by atoms with Gasteiger partial charge in [0.2, 0.25) is 11.8 Å². The zero-order valence-electron chi connectivity index (χ0n) is 21.7. The molecule has 206 valence electrons. The zero-order chi connectivity index (χ0) is 28.7. The van der Waals surface area contributed by atoms with Crippen molar-refractivity contribution in [1.82, 2.24) is 10.2 Å². The second-order valence-electron chi connectivity index (χ2n) is 9.09. The first kappa shape index (κ1) is 29.8. The first-order valence-corrected chi connectivity index (χ1v) is 14.3. The second kappa shape index (κ2) is 12.9. The number of rotatable bonds is 11. The maximum absolute atomic E-state index is 13.8. The Morgan fingerprint density at radius 3 is 2.18 bits per heavy atom. The van der Waals surface area contributed by atoms with Crippen molar-refractivity contribution < 1.29 is 22.9 Å². The Bertz CT molecular complexity index is 1430. The minimum atomic E-state index is -4.25. The molecular formula is C27H29BrN4O6S. The maximum Gasteiger partial charge on any atom is 0.269 e. The summed E-state index contributed by atoms with van der Waals surface area (Å²) in [6.07, 6.45) is 0. The number of sulfonamides is 1. The first-order valence-electron chi connectivity index (χ1n) is 12.1. The number of amides is 2. The van der Waals surface area contributed by atoms with Gasteiger partial charge < -0.3 is 10.2 Å². The van der Waals surface area contributed by atoms with Gasteiger partial charge in [0.1, 0.15) is 12.6 Å². The SMILES string of the molecule is CC(C)NC(=O)[C@@H](C)N(Cc1cccc(Br)c1)C(=O)CN(c1ccc([N+](=O)[O-])cc1)S(=O)(=O)c1ccccc1. The molecule has 0 saturated heterocycles. The highest BCUT2D eigenvalue weighted by Crippen LogP contribution is 2.26. The molecule has 1 N–H and O–H groups in total. The predicted octanol–water partition coefficient (Wildman–Crippen LogP) is 4.49. The van der Waals surface area contributed by atoms with Gasteiger partial charge in [0.25, 0.3) is 15.7 Å². The molecule has 0 aliphatic carbocycles. The number of hydrogen-bond donors (Lipinski definition) is 1. The Morgan fingerprint density at radius 2 is 1.62 bits per heavy atom. The van der Waals surface area contributed by atoms with E-state index in [4.69, 9.17) is 0 Å². The van der Waals surface area contributed by atoms with E-state index in [0.29, 0.717) is 0 Å². The molecule has 3 aromatic carbocycles. The molecule has 2 amide bonds. The highest BCUT2D eigenvalue weighted by atomic mass is 79.9. The minimum absolute atomic E-state index is 0.0461. The quantitative estimate of drug-likeness (QED) is 0.249. The molecule has 0 spiro atoms. The maximum atomic E-state index is 13.8. The van der Waals surface area contributed by atoms with Crippen molar-refractivity contribution in [1.29, 1.82) is 0 Å². The van der Waals surface area contributed by atoms with E-state index in [1.165, 1.54) is 41.3 Å². The van der Waals surface area contributed by atoms with Crippen molar-refractivity contribution in [2.24, 2.45) is 0 Å². The summed E-state index contributed by atoms with van der Waals surface area (Å²) < 4.78 is 29.1. The van der Waals surface area contributed by atoms with E-state index >= 15 is 0 Å².